The van der Waals surface area contributed by atoms with E-state index < -0.39 is 0 Å². The van der Waals surface area contributed by atoms with Crippen LogP contribution in [0.25, 0.3) is 121 Å². The molecule has 5 nitrogen and oxygen atoms in total. The van der Waals surface area contributed by atoms with Crippen LogP contribution in [0, 0.1) is 0 Å². The van der Waals surface area contributed by atoms with Gasteiger partial charge in [0.2, 0.25) is 5.95 Å². The SMILES string of the molecule is c1ccc(-c2ccc(-c3nc(-n4c5ccccc5c5c6c7ccccc7n7c8ccc9ccccc9c8c(cc54)c67)nc4c3oc3ccccc34)cc2)cc1. The van der Waals surface area contributed by atoms with Crippen molar-refractivity contribution in [2.24, 2.45) is 0 Å². The van der Waals surface area contributed by atoms with Gasteiger partial charge < -0.3 is 8.82 Å². The number of para-hydroxylation sites is 3. The zero-order valence-corrected chi connectivity index (χ0v) is 29.4. The summed E-state index contributed by atoms with van der Waals surface area (Å²) in [6.07, 6.45) is 0. The molecular weight excluding hydrogens is 673 g/mol. The molecule has 0 radical (unpaired) electrons. The van der Waals surface area contributed by atoms with Crippen LogP contribution in [0.1, 0.15) is 0 Å². The van der Waals surface area contributed by atoms with Gasteiger partial charge >= 0.3 is 0 Å². The van der Waals surface area contributed by atoms with Gasteiger partial charge in [0.15, 0.2) is 5.58 Å². The molecule has 8 aromatic carbocycles. The molecule has 0 aliphatic heterocycles. The zero-order chi connectivity index (χ0) is 35.8. The molecule has 0 atom stereocenters. The van der Waals surface area contributed by atoms with Gasteiger partial charge in [-0.15, -0.1) is 0 Å². The lowest BCUT2D eigenvalue weighted by Gasteiger charge is -2.10. The Kier molecular flexibility index (Phi) is 5.57. The van der Waals surface area contributed by atoms with Crippen molar-refractivity contribution in [1.29, 1.82) is 0 Å². The number of hydrogen-bond acceptors (Lipinski definition) is 3. The minimum atomic E-state index is 0.610. The molecular formula is C50H28N4O. The monoisotopic (exact) mass is 700 g/mol. The van der Waals surface area contributed by atoms with E-state index in [-0.39, 0.29) is 0 Å². The second-order valence-electron chi connectivity index (χ2n) is 14.5. The zero-order valence-electron chi connectivity index (χ0n) is 29.4. The summed E-state index contributed by atoms with van der Waals surface area (Å²) in [4.78, 5) is 10.9. The molecule has 0 fully saturated rings. The number of furan rings is 1. The molecule has 0 aliphatic rings. The number of rotatable bonds is 3. The van der Waals surface area contributed by atoms with E-state index >= 15 is 0 Å². The summed E-state index contributed by atoms with van der Waals surface area (Å²) in [5.74, 6) is 0.610. The van der Waals surface area contributed by atoms with Crippen molar-refractivity contribution < 1.29 is 4.42 Å². The van der Waals surface area contributed by atoms with Gasteiger partial charge in [0.1, 0.15) is 16.8 Å². The molecule has 0 aliphatic carbocycles. The number of nitrogens with zero attached hydrogens (tertiary/aromatic N) is 4. The summed E-state index contributed by atoms with van der Waals surface area (Å²) < 4.78 is 11.3. The van der Waals surface area contributed by atoms with Crippen molar-refractivity contribution >= 4 is 92.7 Å². The highest BCUT2D eigenvalue weighted by Crippen LogP contribution is 2.48. The topological polar surface area (TPSA) is 48.3 Å². The third-order valence-electron chi connectivity index (χ3n) is 11.7. The van der Waals surface area contributed by atoms with E-state index in [1.807, 2.05) is 24.3 Å². The van der Waals surface area contributed by atoms with Crippen LogP contribution in [-0.4, -0.2) is 18.9 Å². The second kappa shape index (κ2) is 10.6. The number of fused-ring (bicyclic) bond motifs is 15. The first-order valence-electron chi connectivity index (χ1n) is 18.7. The molecule has 0 unspecified atom stereocenters. The normalized spacial score (nSPS) is 12.4. The lowest BCUT2D eigenvalue weighted by Crippen LogP contribution is -2.03. The maximum Gasteiger partial charge on any atom is 0.236 e. The highest BCUT2D eigenvalue weighted by atomic mass is 16.3. The Bertz CT molecular complexity index is 3700. The van der Waals surface area contributed by atoms with Gasteiger partial charge in [0.25, 0.3) is 0 Å². The Labute approximate surface area is 313 Å². The van der Waals surface area contributed by atoms with Gasteiger partial charge in [-0.05, 0) is 58.3 Å². The smallest absolute Gasteiger partial charge is 0.236 e. The predicted molar refractivity (Wildman–Crippen MR) is 227 cm³/mol. The maximum atomic E-state index is 6.58. The minimum absolute atomic E-state index is 0.610. The summed E-state index contributed by atoms with van der Waals surface area (Å²) in [5.41, 5.74) is 12.1. The van der Waals surface area contributed by atoms with Gasteiger partial charge in [-0.25, -0.2) is 9.97 Å². The average Bonchev–Trinajstić information content (AvgIpc) is 3.99. The van der Waals surface area contributed by atoms with E-state index in [2.05, 4.69) is 155 Å². The molecule has 5 heteroatoms. The Morgan fingerprint density at radius 3 is 1.91 bits per heavy atom. The Morgan fingerprint density at radius 2 is 1.07 bits per heavy atom. The summed E-state index contributed by atoms with van der Waals surface area (Å²) in [6, 6.07) is 60.4. The molecule has 254 valence electrons. The average molecular weight is 701 g/mol. The molecule has 0 saturated carbocycles. The van der Waals surface area contributed by atoms with Crippen molar-refractivity contribution in [1.82, 2.24) is 18.9 Å². The Hall–Kier alpha value is -7.50. The molecule has 5 aromatic heterocycles. The summed E-state index contributed by atoms with van der Waals surface area (Å²) >= 11 is 0. The summed E-state index contributed by atoms with van der Waals surface area (Å²) in [5, 5.41) is 10.8. The second-order valence-corrected chi connectivity index (χ2v) is 14.5. The molecule has 13 aromatic rings. The van der Waals surface area contributed by atoms with Crippen LogP contribution < -0.4 is 0 Å². The van der Waals surface area contributed by atoms with Crippen LogP contribution in [0.2, 0.25) is 0 Å². The third-order valence-corrected chi connectivity index (χ3v) is 11.7. The summed E-state index contributed by atoms with van der Waals surface area (Å²) in [7, 11) is 0. The van der Waals surface area contributed by atoms with Crippen LogP contribution in [0.4, 0.5) is 0 Å². The number of benzene rings is 8. The fourth-order valence-electron chi connectivity index (χ4n) is 9.32. The number of hydrogen-bond donors (Lipinski definition) is 0. The fraction of sp³-hybridized carbons (Fsp3) is 0. The van der Waals surface area contributed by atoms with Crippen LogP contribution in [0.5, 0.6) is 0 Å². The summed E-state index contributed by atoms with van der Waals surface area (Å²) in [6.45, 7) is 0. The first-order chi connectivity index (χ1) is 27.3. The van der Waals surface area contributed by atoms with Crippen molar-refractivity contribution in [3.63, 3.8) is 0 Å². The molecule has 0 amide bonds. The van der Waals surface area contributed by atoms with Crippen LogP contribution in [0.15, 0.2) is 174 Å². The largest absolute Gasteiger partial charge is 0.452 e. The van der Waals surface area contributed by atoms with E-state index in [9.17, 15) is 0 Å². The van der Waals surface area contributed by atoms with E-state index in [1.54, 1.807) is 0 Å². The molecule has 0 N–H and O–H groups in total. The molecule has 55 heavy (non-hydrogen) atoms. The van der Waals surface area contributed by atoms with E-state index in [1.165, 1.54) is 65.2 Å². The van der Waals surface area contributed by atoms with Gasteiger partial charge in [-0.2, -0.15) is 0 Å². The Morgan fingerprint density at radius 1 is 0.418 bits per heavy atom. The van der Waals surface area contributed by atoms with Crippen LogP contribution in [-0.2, 0) is 0 Å². The van der Waals surface area contributed by atoms with E-state index in [0.29, 0.717) is 11.5 Å². The number of aromatic nitrogens is 4. The highest BCUT2D eigenvalue weighted by Gasteiger charge is 2.26. The van der Waals surface area contributed by atoms with Crippen molar-refractivity contribution in [3.8, 4) is 28.3 Å². The molecule has 0 saturated heterocycles. The minimum Gasteiger partial charge on any atom is -0.452 e. The maximum absolute atomic E-state index is 6.58. The van der Waals surface area contributed by atoms with Gasteiger partial charge in [0, 0.05) is 43.3 Å². The molecule has 5 heterocycles. The molecule has 0 spiro atoms. The third kappa shape index (κ3) is 3.81. The van der Waals surface area contributed by atoms with Crippen molar-refractivity contribution in [2.75, 3.05) is 0 Å². The van der Waals surface area contributed by atoms with Gasteiger partial charge in [-0.1, -0.05) is 133 Å². The predicted octanol–water partition coefficient (Wildman–Crippen LogP) is 13.1. The first kappa shape index (κ1) is 29.0. The first-order valence-corrected chi connectivity index (χ1v) is 18.7. The Balaban J connectivity index is 1.19. The standard InChI is InChI=1S/C50H28N4O/c1-2-12-29(13-3-1)30-22-24-32(25-23-30)46-49-47(36-18-8-11-21-42(36)55-49)52-50(51-46)54-39-20-10-6-16-34(39)44-41(54)28-37-43-33-15-5-4-14-31(33)26-27-40(43)53-38-19-9-7-17-35(38)45(44)48(37)53/h1-28H. The molecule has 0 bridgehead atoms. The van der Waals surface area contributed by atoms with Crippen LogP contribution in [0.3, 0.4) is 0 Å². The van der Waals surface area contributed by atoms with Gasteiger partial charge in [0.05, 0.1) is 27.6 Å². The van der Waals surface area contributed by atoms with Gasteiger partial charge in [-0.3, -0.25) is 4.57 Å². The van der Waals surface area contributed by atoms with Crippen molar-refractivity contribution in [3.05, 3.63) is 170 Å². The van der Waals surface area contributed by atoms with E-state index in [4.69, 9.17) is 14.4 Å². The molecule has 13 rings (SSSR count). The van der Waals surface area contributed by atoms with Crippen LogP contribution >= 0.6 is 0 Å². The lowest BCUT2D eigenvalue weighted by molar-refractivity contribution is 0.666. The quantitative estimate of drug-likeness (QED) is 0.184. The van der Waals surface area contributed by atoms with Crippen molar-refractivity contribution in [2.45, 2.75) is 0 Å². The van der Waals surface area contributed by atoms with E-state index in [0.717, 1.165) is 44.3 Å². The highest BCUT2D eigenvalue weighted by molar-refractivity contribution is 6.37. The lowest BCUT2D eigenvalue weighted by atomic mass is 9.99. The fourth-order valence-corrected chi connectivity index (χ4v) is 9.32.